The zero-order chi connectivity index (χ0) is 20.4. The van der Waals surface area contributed by atoms with E-state index in [1.807, 2.05) is 65.3 Å². The summed E-state index contributed by atoms with van der Waals surface area (Å²) in [5.74, 6) is 0.0403. The SMILES string of the molecule is CC(O)c1cn(C2CCC(N(C)C(=O)c3ccc(-c4ccccc4)cc3)C2)nn1. The van der Waals surface area contributed by atoms with Gasteiger partial charge in [-0.1, -0.05) is 47.7 Å². The van der Waals surface area contributed by atoms with Crippen molar-refractivity contribution in [3.63, 3.8) is 0 Å². The van der Waals surface area contributed by atoms with E-state index in [4.69, 9.17) is 0 Å². The van der Waals surface area contributed by atoms with Crippen molar-refractivity contribution in [2.24, 2.45) is 0 Å². The van der Waals surface area contributed by atoms with E-state index in [0.717, 1.165) is 30.4 Å². The van der Waals surface area contributed by atoms with Gasteiger partial charge >= 0.3 is 0 Å². The maximum absolute atomic E-state index is 13.0. The molecular formula is C23H26N4O2. The first-order valence-electron chi connectivity index (χ1n) is 10.1. The van der Waals surface area contributed by atoms with Gasteiger partial charge in [-0.25, -0.2) is 4.68 Å². The summed E-state index contributed by atoms with van der Waals surface area (Å²) in [5, 5.41) is 17.8. The standard InChI is InChI=1S/C23H26N4O2/c1-16(28)22-15-27(25-24-22)21-13-12-20(14-21)26(2)23(29)19-10-8-18(9-11-19)17-6-4-3-5-7-17/h3-11,15-16,20-21,28H,12-14H2,1-2H3. The minimum absolute atomic E-state index is 0.0403. The average Bonchev–Trinajstić information content (AvgIpc) is 3.43. The molecule has 1 aliphatic carbocycles. The van der Waals surface area contributed by atoms with Crippen LogP contribution in [-0.4, -0.2) is 44.0 Å². The summed E-state index contributed by atoms with van der Waals surface area (Å²) in [5.41, 5.74) is 3.53. The number of hydrogen-bond donors (Lipinski definition) is 1. The van der Waals surface area contributed by atoms with Crippen molar-refractivity contribution in [1.82, 2.24) is 19.9 Å². The van der Waals surface area contributed by atoms with E-state index >= 15 is 0 Å². The third-order valence-electron chi connectivity index (χ3n) is 5.81. The van der Waals surface area contributed by atoms with Crippen molar-refractivity contribution in [2.75, 3.05) is 7.05 Å². The van der Waals surface area contributed by atoms with Crippen molar-refractivity contribution >= 4 is 5.91 Å². The second-order valence-electron chi connectivity index (χ2n) is 7.78. The van der Waals surface area contributed by atoms with Gasteiger partial charge in [-0.15, -0.1) is 5.10 Å². The molecule has 0 saturated heterocycles. The Labute approximate surface area is 170 Å². The molecule has 1 aromatic heterocycles. The molecule has 29 heavy (non-hydrogen) atoms. The summed E-state index contributed by atoms with van der Waals surface area (Å²) in [6.45, 7) is 1.68. The number of carbonyl (C=O) groups is 1. The number of aromatic nitrogens is 3. The molecule has 6 heteroatoms. The first-order valence-corrected chi connectivity index (χ1v) is 10.1. The lowest BCUT2D eigenvalue weighted by atomic mass is 10.0. The highest BCUT2D eigenvalue weighted by atomic mass is 16.3. The smallest absolute Gasteiger partial charge is 0.253 e. The van der Waals surface area contributed by atoms with Gasteiger partial charge < -0.3 is 10.0 Å². The van der Waals surface area contributed by atoms with E-state index < -0.39 is 6.10 Å². The molecule has 1 aliphatic rings. The molecule has 1 N–H and O–H groups in total. The number of amides is 1. The number of hydrogen-bond acceptors (Lipinski definition) is 4. The van der Waals surface area contributed by atoms with E-state index in [9.17, 15) is 9.90 Å². The van der Waals surface area contributed by atoms with Crippen molar-refractivity contribution in [1.29, 1.82) is 0 Å². The Balaban J connectivity index is 1.41. The molecular weight excluding hydrogens is 364 g/mol. The van der Waals surface area contributed by atoms with Crippen LogP contribution < -0.4 is 0 Å². The Hall–Kier alpha value is -2.99. The van der Waals surface area contributed by atoms with Crippen LogP contribution in [0.1, 0.15) is 54.4 Å². The summed E-state index contributed by atoms with van der Waals surface area (Å²) in [6, 6.07) is 18.3. The van der Waals surface area contributed by atoms with Crippen LogP contribution in [0.2, 0.25) is 0 Å². The van der Waals surface area contributed by atoms with Crippen LogP contribution in [0.5, 0.6) is 0 Å². The summed E-state index contributed by atoms with van der Waals surface area (Å²) in [7, 11) is 1.88. The number of aliphatic hydroxyl groups is 1. The summed E-state index contributed by atoms with van der Waals surface area (Å²) in [6.07, 6.45) is 3.90. The lowest BCUT2D eigenvalue weighted by Crippen LogP contribution is -2.35. The molecule has 1 fully saturated rings. The van der Waals surface area contributed by atoms with E-state index in [0.29, 0.717) is 11.3 Å². The number of rotatable bonds is 5. The van der Waals surface area contributed by atoms with Crippen LogP contribution >= 0.6 is 0 Å². The fourth-order valence-electron chi connectivity index (χ4n) is 3.99. The van der Waals surface area contributed by atoms with Gasteiger partial charge in [0.2, 0.25) is 0 Å². The maximum atomic E-state index is 13.0. The highest BCUT2D eigenvalue weighted by Crippen LogP contribution is 2.33. The average molecular weight is 390 g/mol. The normalized spacial score (nSPS) is 19.8. The van der Waals surface area contributed by atoms with Gasteiger partial charge in [-0.2, -0.15) is 0 Å². The highest BCUT2D eigenvalue weighted by Gasteiger charge is 2.32. The van der Waals surface area contributed by atoms with Crippen LogP contribution in [0.3, 0.4) is 0 Å². The van der Waals surface area contributed by atoms with Gasteiger partial charge in [0.05, 0.1) is 18.3 Å². The summed E-state index contributed by atoms with van der Waals surface area (Å²) < 4.78 is 1.83. The Morgan fingerprint density at radius 1 is 1.10 bits per heavy atom. The van der Waals surface area contributed by atoms with Crippen molar-refractivity contribution in [3.8, 4) is 11.1 Å². The third-order valence-corrected chi connectivity index (χ3v) is 5.81. The Morgan fingerprint density at radius 3 is 2.45 bits per heavy atom. The largest absolute Gasteiger partial charge is 0.387 e. The van der Waals surface area contributed by atoms with Crippen LogP contribution in [0.15, 0.2) is 60.8 Å². The number of carbonyl (C=O) groups excluding carboxylic acids is 1. The van der Waals surface area contributed by atoms with Gasteiger partial charge in [0.25, 0.3) is 5.91 Å². The predicted octanol–water partition coefficient (Wildman–Crippen LogP) is 3.86. The predicted molar refractivity (Wildman–Crippen MR) is 111 cm³/mol. The lowest BCUT2D eigenvalue weighted by Gasteiger charge is -2.25. The molecule has 1 heterocycles. The van der Waals surface area contributed by atoms with Crippen molar-refractivity contribution in [2.45, 2.75) is 44.4 Å². The molecule has 3 unspecified atom stereocenters. The zero-order valence-electron chi connectivity index (χ0n) is 16.8. The molecule has 0 aliphatic heterocycles. The quantitative estimate of drug-likeness (QED) is 0.718. The Bertz CT molecular complexity index is 966. The van der Waals surface area contributed by atoms with E-state index in [2.05, 4.69) is 22.4 Å². The second-order valence-corrected chi connectivity index (χ2v) is 7.78. The second kappa shape index (κ2) is 8.17. The Kier molecular flexibility index (Phi) is 5.45. The fourth-order valence-corrected chi connectivity index (χ4v) is 3.99. The first-order chi connectivity index (χ1) is 14.0. The van der Waals surface area contributed by atoms with Gasteiger partial charge in [0.15, 0.2) is 0 Å². The molecule has 4 rings (SSSR count). The Morgan fingerprint density at radius 2 is 1.79 bits per heavy atom. The molecule has 6 nitrogen and oxygen atoms in total. The fraction of sp³-hybridized carbons (Fsp3) is 0.348. The molecule has 0 spiro atoms. The molecule has 1 saturated carbocycles. The number of benzene rings is 2. The highest BCUT2D eigenvalue weighted by molar-refractivity contribution is 5.94. The molecule has 3 atom stereocenters. The third kappa shape index (κ3) is 4.07. The summed E-state index contributed by atoms with van der Waals surface area (Å²) in [4.78, 5) is 14.8. The monoisotopic (exact) mass is 390 g/mol. The van der Waals surface area contributed by atoms with E-state index in [1.54, 1.807) is 6.92 Å². The van der Waals surface area contributed by atoms with E-state index in [-0.39, 0.29) is 18.0 Å². The van der Waals surface area contributed by atoms with Crippen molar-refractivity contribution < 1.29 is 9.90 Å². The minimum atomic E-state index is -0.621. The van der Waals surface area contributed by atoms with Crippen LogP contribution in [0.4, 0.5) is 0 Å². The van der Waals surface area contributed by atoms with Crippen LogP contribution in [0.25, 0.3) is 11.1 Å². The molecule has 1 amide bonds. The molecule has 2 aromatic carbocycles. The van der Waals surface area contributed by atoms with Crippen molar-refractivity contribution in [3.05, 3.63) is 72.1 Å². The zero-order valence-corrected chi connectivity index (χ0v) is 16.8. The molecule has 3 aromatic rings. The number of aliphatic hydroxyl groups excluding tert-OH is 1. The first kappa shape index (κ1) is 19.3. The number of nitrogens with zero attached hydrogens (tertiary/aromatic N) is 4. The van der Waals surface area contributed by atoms with E-state index in [1.165, 1.54) is 0 Å². The minimum Gasteiger partial charge on any atom is -0.387 e. The van der Waals surface area contributed by atoms with Gasteiger partial charge in [-0.05, 0) is 49.4 Å². The van der Waals surface area contributed by atoms with Gasteiger partial charge in [0.1, 0.15) is 5.69 Å². The van der Waals surface area contributed by atoms with Gasteiger partial charge in [0, 0.05) is 18.7 Å². The van der Waals surface area contributed by atoms with Crippen LogP contribution in [0, 0.1) is 0 Å². The molecule has 150 valence electrons. The van der Waals surface area contributed by atoms with Gasteiger partial charge in [-0.3, -0.25) is 4.79 Å². The molecule has 0 radical (unpaired) electrons. The molecule has 0 bridgehead atoms. The van der Waals surface area contributed by atoms with Crippen LogP contribution in [-0.2, 0) is 0 Å². The summed E-state index contributed by atoms with van der Waals surface area (Å²) >= 11 is 0. The lowest BCUT2D eigenvalue weighted by molar-refractivity contribution is 0.0732. The maximum Gasteiger partial charge on any atom is 0.253 e. The topological polar surface area (TPSA) is 71.2 Å².